The first-order valence-corrected chi connectivity index (χ1v) is 10.4. The number of nitro benzene ring substituents is 1. The van der Waals surface area contributed by atoms with Gasteiger partial charge < -0.3 is 14.6 Å². The van der Waals surface area contributed by atoms with Crippen molar-refractivity contribution in [1.82, 2.24) is 14.5 Å². The second-order valence-electron chi connectivity index (χ2n) is 7.87. The predicted octanol–water partition coefficient (Wildman–Crippen LogP) is 2.41. The van der Waals surface area contributed by atoms with Gasteiger partial charge in [0, 0.05) is 63.8 Å². The molecule has 2 heterocycles. The van der Waals surface area contributed by atoms with Crippen molar-refractivity contribution >= 4 is 17.2 Å². The first kappa shape index (κ1) is 21.7. The number of aryl methyl sites for hydroxylation is 1. The standard InChI is InChI=1S/C23H25N5O4/c1-25-10-9-24-23(25)22(30)18-7-8-19(20(15-18)28(31)32)27-13-11-26(12-14-27)16-21(29)17-5-3-2-4-6-17/h2-10,15,21,29H,11-14,16H2,1H3. The van der Waals surface area contributed by atoms with Gasteiger partial charge in [-0.25, -0.2) is 4.98 Å². The molecule has 0 bridgehead atoms. The fourth-order valence-corrected chi connectivity index (χ4v) is 3.99. The lowest BCUT2D eigenvalue weighted by atomic mass is 10.1. The number of aliphatic hydroxyl groups excluding tert-OH is 1. The molecule has 1 aliphatic rings. The topological polar surface area (TPSA) is 105 Å². The van der Waals surface area contributed by atoms with Crippen LogP contribution in [0.1, 0.15) is 27.8 Å². The van der Waals surface area contributed by atoms with Crippen LogP contribution >= 0.6 is 0 Å². The number of carbonyl (C=O) groups is 1. The number of hydrogen-bond acceptors (Lipinski definition) is 7. The van der Waals surface area contributed by atoms with Gasteiger partial charge in [0.25, 0.3) is 5.69 Å². The molecule has 1 aliphatic heterocycles. The molecule has 0 radical (unpaired) electrons. The fraction of sp³-hybridized carbons (Fsp3) is 0.304. The second-order valence-corrected chi connectivity index (χ2v) is 7.87. The fourth-order valence-electron chi connectivity index (χ4n) is 3.99. The number of rotatable bonds is 7. The van der Waals surface area contributed by atoms with Crippen LogP contribution in [-0.2, 0) is 7.05 Å². The van der Waals surface area contributed by atoms with Crippen molar-refractivity contribution in [1.29, 1.82) is 0 Å². The van der Waals surface area contributed by atoms with Gasteiger partial charge in [0.15, 0.2) is 5.82 Å². The zero-order valence-corrected chi connectivity index (χ0v) is 17.8. The molecule has 0 amide bonds. The molecular weight excluding hydrogens is 410 g/mol. The summed E-state index contributed by atoms with van der Waals surface area (Å²) < 4.78 is 1.59. The predicted molar refractivity (Wildman–Crippen MR) is 120 cm³/mol. The number of piperazine rings is 1. The van der Waals surface area contributed by atoms with Gasteiger partial charge >= 0.3 is 0 Å². The number of benzene rings is 2. The van der Waals surface area contributed by atoms with Crippen molar-refractivity contribution in [2.24, 2.45) is 7.05 Å². The van der Waals surface area contributed by atoms with Crippen molar-refractivity contribution < 1.29 is 14.8 Å². The Labute approximate surface area is 185 Å². The Morgan fingerprint density at radius 2 is 1.88 bits per heavy atom. The molecule has 1 atom stereocenters. The SMILES string of the molecule is Cn1ccnc1C(=O)c1ccc(N2CCN(CC(O)c3ccccc3)CC2)c([N+](=O)[O-])c1. The van der Waals surface area contributed by atoms with Gasteiger partial charge in [-0.15, -0.1) is 0 Å². The quantitative estimate of drug-likeness (QED) is 0.345. The van der Waals surface area contributed by atoms with Crippen LogP contribution < -0.4 is 4.90 Å². The summed E-state index contributed by atoms with van der Waals surface area (Å²) >= 11 is 0. The van der Waals surface area contributed by atoms with Crippen LogP contribution in [0.3, 0.4) is 0 Å². The van der Waals surface area contributed by atoms with E-state index in [9.17, 15) is 20.0 Å². The van der Waals surface area contributed by atoms with Crippen LogP contribution in [0.2, 0.25) is 0 Å². The van der Waals surface area contributed by atoms with E-state index in [4.69, 9.17) is 0 Å². The van der Waals surface area contributed by atoms with Gasteiger partial charge in [0.2, 0.25) is 5.78 Å². The molecule has 2 aromatic carbocycles. The van der Waals surface area contributed by atoms with Crippen LogP contribution in [-0.4, -0.2) is 63.0 Å². The third-order valence-electron chi connectivity index (χ3n) is 5.79. The van der Waals surface area contributed by atoms with Crippen molar-refractivity contribution in [3.63, 3.8) is 0 Å². The van der Waals surface area contributed by atoms with Gasteiger partial charge in [0.05, 0.1) is 11.0 Å². The largest absolute Gasteiger partial charge is 0.387 e. The average molecular weight is 435 g/mol. The number of aliphatic hydroxyl groups is 1. The minimum Gasteiger partial charge on any atom is -0.387 e. The molecule has 1 saturated heterocycles. The molecule has 32 heavy (non-hydrogen) atoms. The summed E-state index contributed by atoms with van der Waals surface area (Å²) in [7, 11) is 1.71. The lowest BCUT2D eigenvalue weighted by Gasteiger charge is -2.36. The molecule has 0 aliphatic carbocycles. The van der Waals surface area contributed by atoms with Gasteiger partial charge in [-0.05, 0) is 17.7 Å². The molecule has 1 unspecified atom stereocenters. The molecule has 9 nitrogen and oxygen atoms in total. The number of ketones is 1. The van der Waals surface area contributed by atoms with Gasteiger partial charge in [0.1, 0.15) is 5.69 Å². The molecule has 3 aromatic rings. The van der Waals surface area contributed by atoms with Crippen LogP contribution in [0.4, 0.5) is 11.4 Å². The molecule has 1 N–H and O–H groups in total. The summed E-state index contributed by atoms with van der Waals surface area (Å²) in [5, 5.41) is 22.2. The number of imidazole rings is 1. The zero-order valence-electron chi connectivity index (χ0n) is 17.8. The normalized spacial score (nSPS) is 15.5. The van der Waals surface area contributed by atoms with Crippen LogP contribution in [0.25, 0.3) is 0 Å². The van der Waals surface area contributed by atoms with Crippen molar-refractivity contribution in [3.8, 4) is 0 Å². The number of nitro groups is 1. The zero-order chi connectivity index (χ0) is 22.7. The summed E-state index contributed by atoms with van der Waals surface area (Å²) in [5.74, 6) is -0.121. The van der Waals surface area contributed by atoms with E-state index in [-0.39, 0.29) is 22.9 Å². The third kappa shape index (κ3) is 4.53. The molecule has 1 fully saturated rings. The van der Waals surface area contributed by atoms with E-state index in [1.54, 1.807) is 29.9 Å². The Morgan fingerprint density at radius 1 is 1.16 bits per heavy atom. The number of β-amino-alcohol motifs (C(OH)–C–C–N with tert-alkyl or cyclic N) is 1. The Kier molecular flexibility index (Phi) is 6.29. The molecule has 4 rings (SSSR count). The highest BCUT2D eigenvalue weighted by atomic mass is 16.6. The maximum atomic E-state index is 12.7. The minimum absolute atomic E-state index is 0.0946. The summed E-state index contributed by atoms with van der Waals surface area (Å²) in [6.07, 6.45) is 2.60. The van der Waals surface area contributed by atoms with E-state index in [1.807, 2.05) is 35.2 Å². The summed E-state index contributed by atoms with van der Waals surface area (Å²) in [4.78, 5) is 32.2. The van der Waals surface area contributed by atoms with E-state index < -0.39 is 11.0 Å². The van der Waals surface area contributed by atoms with E-state index in [1.165, 1.54) is 12.3 Å². The smallest absolute Gasteiger partial charge is 0.293 e. The Hall–Kier alpha value is -3.56. The number of anilines is 1. The highest BCUT2D eigenvalue weighted by Crippen LogP contribution is 2.31. The Balaban J connectivity index is 1.45. The van der Waals surface area contributed by atoms with Gasteiger partial charge in [-0.2, -0.15) is 0 Å². The molecular formula is C23H25N5O4. The van der Waals surface area contributed by atoms with Crippen LogP contribution in [0.15, 0.2) is 60.9 Å². The van der Waals surface area contributed by atoms with E-state index in [0.29, 0.717) is 38.4 Å². The number of aromatic nitrogens is 2. The highest BCUT2D eigenvalue weighted by Gasteiger charge is 2.27. The summed E-state index contributed by atoms with van der Waals surface area (Å²) in [5.41, 5.74) is 1.51. The Bertz CT molecular complexity index is 1110. The molecule has 0 saturated carbocycles. The highest BCUT2D eigenvalue weighted by molar-refractivity contribution is 6.07. The maximum Gasteiger partial charge on any atom is 0.293 e. The number of nitrogens with zero attached hydrogens (tertiary/aromatic N) is 5. The maximum absolute atomic E-state index is 12.7. The van der Waals surface area contributed by atoms with Crippen molar-refractivity contribution in [2.45, 2.75) is 6.10 Å². The van der Waals surface area contributed by atoms with Crippen molar-refractivity contribution in [2.75, 3.05) is 37.6 Å². The number of hydrogen-bond donors (Lipinski definition) is 1. The van der Waals surface area contributed by atoms with Gasteiger partial charge in [-0.1, -0.05) is 30.3 Å². The molecule has 9 heteroatoms. The lowest BCUT2D eigenvalue weighted by molar-refractivity contribution is -0.384. The van der Waals surface area contributed by atoms with E-state index >= 15 is 0 Å². The van der Waals surface area contributed by atoms with Crippen LogP contribution in [0, 0.1) is 10.1 Å². The molecule has 0 spiro atoms. The summed E-state index contributed by atoms with van der Waals surface area (Å²) in [6, 6.07) is 14.1. The van der Waals surface area contributed by atoms with Gasteiger partial charge in [-0.3, -0.25) is 19.8 Å². The Morgan fingerprint density at radius 3 is 2.50 bits per heavy atom. The van der Waals surface area contributed by atoms with E-state index in [0.717, 1.165) is 5.56 Å². The average Bonchev–Trinajstić information content (AvgIpc) is 3.25. The third-order valence-corrected chi connectivity index (χ3v) is 5.79. The van der Waals surface area contributed by atoms with Crippen molar-refractivity contribution in [3.05, 3.63) is 88.0 Å². The molecule has 166 valence electrons. The second kappa shape index (κ2) is 9.29. The monoisotopic (exact) mass is 435 g/mol. The van der Waals surface area contributed by atoms with Crippen LogP contribution in [0.5, 0.6) is 0 Å². The minimum atomic E-state index is -0.575. The number of carbonyl (C=O) groups excluding carboxylic acids is 1. The summed E-state index contributed by atoms with van der Waals surface area (Å²) in [6.45, 7) is 3.05. The first-order valence-electron chi connectivity index (χ1n) is 10.4. The first-order chi connectivity index (χ1) is 15.4. The molecule has 1 aromatic heterocycles. The lowest BCUT2D eigenvalue weighted by Crippen LogP contribution is -2.47. The van der Waals surface area contributed by atoms with E-state index in [2.05, 4.69) is 9.88 Å².